The monoisotopic (exact) mass is 560 g/mol. The first kappa shape index (κ1) is 30.0. The lowest BCUT2D eigenvalue weighted by molar-refractivity contribution is -0.284. The van der Waals surface area contributed by atoms with E-state index in [-0.39, 0.29) is 16.7 Å². The summed E-state index contributed by atoms with van der Waals surface area (Å²) in [5.74, 6) is -5.26. The van der Waals surface area contributed by atoms with E-state index < -0.39 is 95.3 Å². The molecule has 11 heteroatoms. The number of Topliss-reactive ketones (excluding diaryl/α,β-unsaturated/α-hetero) is 2. The van der Waals surface area contributed by atoms with E-state index >= 15 is 0 Å². The lowest BCUT2D eigenvalue weighted by Crippen LogP contribution is -2.77. The van der Waals surface area contributed by atoms with Gasteiger partial charge in [0.25, 0.3) is 0 Å². The zero-order valence-electron chi connectivity index (χ0n) is 23.1. The van der Waals surface area contributed by atoms with Gasteiger partial charge in [-0.05, 0) is 37.1 Å². The second-order valence-electron chi connectivity index (χ2n) is 11.9. The van der Waals surface area contributed by atoms with Crippen molar-refractivity contribution in [2.24, 2.45) is 16.7 Å². The van der Waals surface area contributed by atoms with Crippen LogP contribution < -0.4 is 0 Å². The molecule has 2 saturated carbocycles. The van der Waals surface area contributed by atoms with Crippen LogP contribution >= 0.6 is 0 Å². The van der Waals surface area contributed by atoms with Gasteiger partial charge < -0.3 is 35.0 Å². The first-order chi connectivity index (χ1) is 18.4. The number of rotatable bonds is 4. The molecule has 11 nitrogen and oxygen atoms in total. The van der Waals surface area contributed by atoms with Crippen molar-refractivity contribution in [3.8, 4) is 0 Å². The topological polar surface area (TPSA) is 188 Å². The summed E-state index contributed by atoms with van der Waals surface area (Å²) >= 11 is 0. The maximum atomic E-state index is 14.1. The van der Waals surface area contributed by atoms with Crippen LogP contribution in [0.3, 0.4) is 0 Å². The Morgan fingerprint density at radius 1 is 1.02 bits per heavy atom. The predicted octanol–water partition coefficient (Wildman–Crippen LogP) is 0.244. The Bertz CT molecular complexity index is 1270. The number of carbonyl (C=O) groups is 4. The Hall–Kier alpha value is -2.96. The minimum atomic E-state index is -2.55. The summed E-state index contributed by atoms with van der Waals surface area (Å²) in [5.41, 5.74) is -8.55. The number of allylic oxidation sites excluding steroid dienone is 1. The van der Waals surface area contributed by atoms with Gasteiger partial charge in [-0.3, -0.25) is 14.4 Å². The number of carbonyl (C=O) groups excluding carboxylic acids is 4. The van der Waals surface area contributed by atoms with Gasteiger partial charge in [0.15, 0.2) is 11.6 Å². The van der Waals surface area contributed by atoms with Crippen molar-refractivity contribution in [3.63, 3.8) is 0 Å². The normalized spacial score (nSPS) is 39.1. The molecule has 218 valence electrons. The van der Waals surface area contributed by atoms with Crippen LogP contribution in [0, 0.1) is 16.7 Å². The van der Waals surface area contributed by atoms with Crippen LogP contribution in [0.4, 0.5) is 0 Å². The number of hydrogen-bond donors (Lipinski definition) is 5. The molecule has 5 N–H and O–H groups in total. The van der Waals surface area contributed by atoms with Crippen LogP contribution in [0.25, 0.3) is 0 Å². The van der Waals surface area contributed by atoms with E-state index in [2.05, 4.69) is 0 Å². The molecule has 0 radical (unpaired) electrons. The molecule has 4 rings (SSSR count). The van der Waals surface area contributed by atoms with Gasteiger partial charge >= 0.3 is 11.9 Å². The molecular weight excluding hydrogens is 524 g/mol. The molecule has 8 atom stereocenters. The van der Waals surface area contributed by atoms with Crippen molar-refractivity contribution in [1.82, 2.24) is 0 Å². The van der Waals surface area contributed by atoms with E-state index in [4.69, 9.17) is 9.47 Å². The first-order valence-electron chi connectivity index (χ1n) is 13.1. The molecule has 0 aromatic heterocycles. The summed E-state index contributed by atoms with van der Waals surface area (Å²) < 4.78 is 10.8. The van der Waals surface area contributed by atoms with Gasteiger partial charge in [0.2, 0.25) is 0 Å². The van der Waals surface area contributed by atoms with Crippen LogP contribution in [0.5, 0.6) is 0 Å². The Kier molecular flexibility index (Phi) is 7.39. The molecule has 0 heterocycles. The number of aliphatic hydroxyl groups is 5. The second-order valence-corrected chi connectivity index (χ2v) is 11.9. The van der Waals surface area contributed by atoms with Crippen molar-refractivity contribution >= 4 is 23.5 Å². The van der Waals surface area contributed by atoms with Gasteiger partial charge in [0, 0.05) is 31.1 Å². The highest BCUT2D eigenvalue weighted by atomic mass is 16.6. The van der Waals surface area contributed by atoms with Gasteiger partial charge in [-0.15, -0.1) is 0 Å². The second kappa shape index (κ2) is 9.85. The molecule has 2 fully saturated rings. The van der Waals surface area contributed by atoms with E-state index in [0.717, 1.165) is 6.92 Å². The number of ketones is 2. The molecule has 2 bridgehead atoms. The average molecular weight is 561 g/mol. The van der Waals surface area contributed by atoms with Gasteiger partial charge in [-0.25, -0.2) is 4.79 Å². The average Bonchev–Trinajstić information content (AvgIpc) is 2.88. The number of fused-ring (bicyclic) bond motifs is 3. The summed E-state index contributed by atoms with van der Waals surface area (Å²) in [6.45, 7) is 5.68. The molecule has 3 aliphatic carbocycles. The van der Waals surface area contributed by atoms with E-state index in [1.165, 1.54) is 39.8 Å². The Morgan fingerprint density at radius 3 is 2.20 bits per heavy atom. The van der Waals surface area contributed by atoms with Crippen molar-refractivity contribution in [2.45, 2.75) is 83.1 Å². The molecule has 40 heavy (non-hydrogen) atoms. The van der Waals surface area contributed by atoms with Crippen LogP contribution in [0.1, 0.15) is 57.8 Å². The number of hydrogen-bond acceptors (Lipinski definition) is 11. The van der Waals surface area contributed by atoms with E-state index in [9.17, 15) is 44.7 Å². The Labute approximate surface area is 231 Å². The highest BCUT2D eigenvalue weighted by molar-refractivity contribution is 6.02. The van der Waals surface area contributed by atoms with Gasteiger partial charge in [0.05, 0.1) is 23.2 Å². The van der Waals surface area contributed by atoms with E-state index in [1.54, 1.807) is 18.2 Å². The standard InChI is InChI=1S/C29H36O11/c1-14-17(31)12-29(38)24(35)22-27(5,23(34)21(33)20(14)26(29,3)4)18(32)11-19(40-15(2)30)28(22,37)13-39-25(36)16-9-7-6-8-10-16/h6-10,18-19,21-22,24,32-33,35,37-38H,11-13H2,1-5H3/t18-,19-,21+,22-,24-,27+,28-,29+/m0/s1. The molecule has 0 amide bonds. The molecule has 0 unspecified atom stereocenters. The number of esters is 2. The third kappa shape index (κ3) is 4.14. The van der Waals surface area contributed by atoms with Gasteiger partial charge in [-0.2, -0.15) is 0 Å². The summed E-state index contributed by atoms with van der Waals surface area (Å²) in [6, 6.07) is 7.78. The van der Waals surface area contributed by atoms with Crippen molar-refractivity contribution in [1.29, 1.82) is 0 Å². The van der Waals surface area contributed by atoms with Crippen molar-refractivity contribution in [3.05, 3.63) is 47.0 Å². The van der Waals surface area contributed by atoms with Gasteiger partial charge in [-0.1, -0.05) is 32.0 Å². The largest absolute Gasteiger partial charge is 0.459 e. The SMILES string of the molecule is CC(=O)O[C@H]1C[C@H](O)[C@@]2(C)C(=O)[C@H](O)C3=C(C)C(=O)C[C@@](O)([C@@H](O)[C@@H]2[C@]1(O)COC(=O)c1ccccc1)C3(C)C. The maximum absolute atomic E-state index is 14.1. The van der Waals surface area contributed by atoms with Crippen molar-refractivity contribution < 1.29 is 54.2 Å². The highest BCUT2D eigenvalue weighted by Crippen LogP contribution is 2.60. The van der Waals surface area contributed by atoms with Crippen molar-refractivity contribution in [2.75, 3.05) is 6.61 Å². The fraction of sp³-hybridized carbons (Fsp3) is 0.586. The maximum Gasteiger partial charge on any atom is 0.338 e. The van der Waals surface area contributed by atoms with Crippen LogP contribution in [0.15, 0.2) is 41.5 Å². The molecule has 1 aromatic carbocycles. The van der Waals surface area contributed by atoms with E-state index in [0.29, 0.717) is 0 Å². The lowest BCUT2D eigenvalue weighted by Gasteiger charge is -2.62. The zero-order chi connectivity index (χ0) is 30.0. The summed E-state index contributed by atoms with van der Waals surface area (Å²) in [5, 5.41) is 59.0. The highest BCUT2D eigenvalue weighted by Gasteiger charge is 2.73. The first-order valence-corrected chi connectivity index (χ1v) is 13.1. The van der Waals surface area contributed by atoms with E-state index in [1.807, 2.05) is 0 Å². The smallest absolute Gasteiger partial charge is 0.338 e. The molecule has 3 aliphatic rings. The van der Waals surface area contributed by atoms with Gasteiger partial charge in [0.1, 0.15) is 30.0 Å². The number of benzene rings is 1. The van der Waals surface area contributed by atoms with Crippen LogP contribution in [-0.2, 0) is 23.9 Å². The fourth-order valence-corrected chi connectivity index (χ4v) is 7.04. The summed E-state index contributed by atoms with van der Waals surface area (Å²) in [4.78, 5) is 52.0. The summed E-state index contributed by atoms with van der Waals surface area (Å²) in [6.07, 6.45) is -8.53. The minimum absolute atomic E-state index is 0.0555. The van der Waals surface area contributed by atoms with Crippen LogP contribution in [0.2, 0.25) is 0 Å². The number of aliphatic hydroxyl groups excluding tert-OH is 3. The fourth-order valence-electron chi connectivity index (χ4n) is 7.04. The molecule has 0 saturated heterocycles. The third-order valence-electron chi connectivity index (χ3n) is 9.49. The van der Waals surface area contributed by atoms with Crippen LogP contribution in [-0.4, -0.2) is 91.3 Å². The minimum Gasteiger partial charge on any atom is -0.459 e. The summed E-state index contributed by atoms with van der Waals surface area (Å²) in [7, 11) is 0. The molecular formula is C29H36O11. The lowest BCUT2D eigenvalue weighted by atomic mass is 9.45. The third-order valence-corrected chi connectivity index (χ3v) is 9.49. The quantitative estimate of drug-likeness (QED) is 0.318. The molecule has 1 aromatic rings. The number of ether oxygens (including phenoxy) is 2. The predicted molar refractivity (Wildman–Crippen MR) is 138 cm³/mol. The zero-order valence-corrected chi connectivity index (χ0v) is 23.1. The molecule has 0 spiro atoms. The Morgan fingerprint density at radius 2 is 1.62 bits per heavy atom. The molecule has 0 aliphatic heterocycles. The Balaban J connectivity index is 1.93.